The number of hydrogen-bond acceptors (Lipinski definition) is 4. The number of nitrogens with one attached hydrogen (secondary N) is 3. The molecule has 1 aliphatic carbocycles. The van der Waals surface area contributed by atoms with Crippen LogP contribution in [-0.4, -0.2) is 23.4 Å². The molecule has 188 valence electrons. The minimum atomic E-state index is -9.95. The van der Waals surface area contributed by atoms with Crippen LogP contribution < -0.4 is 16.0 Å². The van der Waals surface area contributed by atoms with Gasteiger partial charge in [0.1, 0.15) is 9.90 Å². The van der Waals surface area contributed by atoms with Crippen molar-refractivity contribution < 1.29 is 29.0 Å². The maximum absolute atomic E-state index is 13.2. The molecule has 2 amide bonds. The van der Waals surface area contributed by atoms with Crippen LogP contribution in [0.5, 0.6) is 0 Å². The van der Waals surface area contributed by atoms with Crippen molar-refractivity contribution in [3.05, 3.63) is 45.8 Å². The summed E-state index contributed by atoms with van der Waals surface area (Å²) in [6.45, 7) is 7.86. The normalized spacial score (nSPS) is 21.1. The number of benzene rings is 1. The largest absolute Gasteiger partial charge is 0.349 e. The third-order valence-electron chi connectivity index (χ3n) is 5.75. The highest BCUT2D eigenvalue weighted by molar-refractivity contribution is 8.45. The average molecular weight is 524 g/mol. The van der Waals surface area contributed by atoms with Crippen molar-refractivity contribution >= 4 is 38.4 Å². The molecule has 1 aliphatic heterocycles. The van der Waals surface area contributed by atoms with Crippen LogP contribution in [0.25, 0.3) is 0 Å². The van der Waals surface area contributed by atoms with Crippen LogP contribution in [0.1, 0.15) is 71.7 Å². The van der Waals surface area contributed by atoms with E-state index in [4.69, 9.17) is 0 Å². The Kier molecular flexibility index (Phi) is 5.09. The molecule has 0 radical (unpaired) electrons. The molecule has 2 heterocycles. The van der Waals surface area contributed by atoms with Gasteiger partial charge in [0.05, 0.1) is 5.56 Å². The molecule has 1 aromatic heterocycles. The van der Waals surface area contributed by atoms with Crippen molar-refractivity contribution in [1.82, 2.24) is 10.6 Å². The lowest BCUT2D eigenvalue weighted by atomic mass is 9.81. The van der Waals surface area contributed by atoms with Gasteiger partial charge in [0.2, 0.25) is 0 Å². The van der Waals surface area contributed by atoms with Crippen LogP contribution in [0.3, 0.4) is 0 Å². The Hall–Kier alpha value is -2.18. The van der Waals surface area contributed by atoms with E-state index < -0.39 is 32.1 Å². The highest BCUT2D eigenvalue weighted by Crippen LogP contribution is 3.02. The number of carbonyl (C=O) groups excluding carboxylic acids is 2. The number of rotatable bonds is 5. The van der Waals surface area contributed by atoms with Gasteiger partial charge in [0.15, 0.2) is 0 Å². The summed E-state index contributed by atoms with van der Waals surface area (Å²) in [7, 11) is -9.95. The molecular formula is C22H26F5N3O2S2. The minimum Gasteiger partial charge on any atom is -0.349 e. The van der Waals surface area contributed by atoms with E-state index in [-0.39, 0.29) is 40.2 Å². The number of carbonyl (C=O) groups is 2. The molecule has 5 nitrogen and oxygen atoms in total. The van der Waals surface area contributed by atoms with Crippen LogP contribution in [0.15, 0.2) is 29.2 Å². The Bertz CT molecular complexity index is 1200. The van der Waals surface area contributed by atoms with Crippen LogP contribution in [0.4, 0.5) is 24.4 Å². The number of amides is 2. The third-order valence-corrected chi connectivity index (χ3v) is 8.37. The molecule has 0 bridgehead atoms. The Morgan fingerprint density at radius 3 is 2.29 bits per heavy atom. The summed E-state index contributed by atoms with van der Waals surface area (Å²) in [5, 5.41) is 9.10. The average Bonchev–Trinajstić information content (AvgIpc) is 3.38. The first-order chi connectivity index (χ1) is 15.3. The molecule has 0 saturated heterocycles. The fraction of sp³-hybridized carbons (Fsp3) is 0.455. The standard InChI is InChI=1S/C22H26F5N3O2S2/c1-21(2)11-15-16(19(32)28-13-8-9-13)20(33-17(15)22(3,4)30-21)29-18(31)12-6-5-7-14(10-12)34(23,24,25,26)27/h5-7,10,13,30H,8-9,11H2,1-4H3,(H,28,32)(H,29,31). The van der Waals surface area contributed by atoms with Gasteiger partial charge in [-0.3, -0.25) is 9.59 Å². The Balaban J connectivity index is 1.75. The maximum Gasteiger partial charge on any atom is 0.310 e. The predicted molar refractivity (Wildman–Crippen MR) is 125 cm³/mol. The lowest BCUT2D eigenvalue weighted by Crippen LogP contribution is -2.55. The molecule has 3 N–H and O–H groups in total. The van der Waals surface area contributed by atoms with E-state index in [0.717, 1.165) is 46.8 Å². The van der Waals surface area contributed by atoms with Gasteiger partial charge >= 0.3 is 10.2 Å². The highest BCUT2D eigenvalue weighted by atomic mass is 32.5. The predicted octanol–water partition coefficient (Wildman–Crippen LogP) is 6.71. The Morgan fingerprint density at radius 2 is 1.71 bits per heavy atom. The van der Waals surface area contributed by atoms with Gasteiger partial charge in [-0.15, -0.1) is 11.3 Å². The molecule has 0 atom stereocenters. The number of hydrogen-bond donors (Lipinski definition) is 3. The first kappa shape index (κ1) is 24.9. The first-order valence-electron chi connectivity index (χ1n) is 10.7. The van der Waals surface area contributed by atoms with Gasteiger partial charge < -0.3 is 16.0 Å². The van der Waals surface area contributed by atoms with Crippen molar-refractivity contribution in [3.8, 4) is 0 Å². The van der Waals surface area contributed by atoms with Crippen molar-refractivity contribution in [3.63, 3.8) is 0 Å². The van der Waals surface area contributed by atoms with E-state index in [1.54, 1.807) is 0 Å². The molecular weight excluding hydrogens is 497 g/mol. The second-order valence-corrected chi connectivity index (χ2v) is 13.6. The summed E-state index contributed by atoms with van der Waals surface area (Å²) in [5.41, 5.74) is -0.451. The number of halogens is 5. The second-order valence-electron chi connectivity index (χ2n) is 10.1. The molecule has 0 spiro atoms. The summed E-state index contributed by atoms with van der Waals surface area (Å²) < 4.78 is 66.2. The van der Waals surface area contributed by atoms with Gasteiger partial charge in [-0.1, -0.05) is 25.5 Å². The van der Waals surface area contributed by atoms with Crippen LogP contribution in [0.2, 0.25) is 0 Å². The maximum atomic E-state index is 13.2. The Labute approximate surface area is 198 Å². The zero-order chi connectivity index (χ0) is 25.4. The molecule has 2 aromatic rings. The summed E-state index contributed by atoms with van der Waals surface area (Å²) in [5.74, 6) is -1.38. The zero-order valence-electron chi connectivity index (χ0n) is 19.0. The second kappa shape index (κ2) is 6.94. The van der Waals surface area contributed by atoms with E-state index in [9.17, 15) is 29.0 Å². The lowest BCUT2D eigenvalue weighted by molar-refractivity contribution is 0.0950. The number of anilines is 1. The summed E-state index contributed by atoms with van der Waals surface area (Å²) in [6.07, 6.45) is 2.18. The van der Waals surface area contributed by atoms with Crippen molar-refractivity contribution in [2.75, 3.05) is 5.32 Å². The van der Waals surface area contributed by atoms with E-state index >= 15 is 0 Å². The third kappa shape index (κ3) is 5.08. The lowest BCUT2D eigenvalue weighted by Gasteiger charge is -2.42. The van der Waals surface area contributed by atoms with Gasteiger partial charge in [0, 0.05) is 27.6 Å². The van der Waals surface area contributed by atoms with Gasteiger partial charge in [-0.25, -0.2) is 0 Å². The molecule has 34 heavy (non-hydrogen) atoms. The number of thiophene rings is 1. The molecule has 1 saturated carbocycles. The molecule has 4 rings (SSSR count). The monoisotopic (exact) mass is 523 g/mol. The summed E-state index contributed by atoms with van der Waals surface area (Å²) in [4.78, 5) is 24.7. The SMILES string of the molecule is CC1(C)Cc2c(sc(NC(=O)c3cccc(S(F)(F)(F)(F)F)c3)c2C(=O)NC2CC2)C(C)(C)N1. The van der Waals surface area contributed by atoms with Crippen LogP contribution >= 0.6 is 21.6 Å². The fourth-order valence-electron chi connectivity index (χ4n) is 4.39. The topological polar surface area (TPSA) is 70.2 Å². The van der Waals surface area contributed by atoms with Crippen LogP contribution in [0, 0.1) is 0 Å². The zero-order valence-corrected chi connectivity index (χ0v) is 20.7. The van der Waals surface area contributed by atoms with Crippen molar-refractivity contribution in [1.29, 1.82) is 0 Å². The quantitative estimate of drug-likeness (QED) is 0.382. The summed E-state index contributed by atoms with van der Waals surface area (Å²) >= 11 is 1.16. The number of fused-ring (bicyclic) bond motifs is 1. The van der Waals surface area contributed by atoms with E-state index in [1.807, 2.05) is 27.7 Å². The van der Waals surface area contributed by atoms with Gasteiger partial charge in [0.25, 0.3) is 11.8 Å². The highest BCUT2D eigenvalue weighted by Gasteiger charge is 2.65. The molecule has 12 heteroatoms. The molecule has 2 aliphatic rings. The fourth-order valence-corrected chi connectivity index (χ4v) is 6.35. The van der Waals surface area contributed by atoms with Crippen molar-refractivity contribution in [2.45, 2.75) is 69.0 Å². The molecule has 0 unspecified atom stereocenters. The van der Waals surface area contributed by atoms with Crippen LogP contribution in [-0.2, 0) is 12.0 Å². The van der Waals surface area contributed by atoms with E-state index in [1.165, 1.54) is 0 Å². The first-order valence-corrected chi connectivity index (χ1v) is 13.4. The van der Waals surface area contributed by atoms with Gasteiger partial charge in [-0.05, 0) is 70.7 Å². The molecule has 1 fully saturated rings. The van der Waals surface area contributed by atoms with Gasteiger partial charge in [-0.2, -0.15) is 0 Å². The van der Waals surface area contributed by atoms with E-state index in [0.29, 0.717) is 6.42 Å². The minimum absolute atomic E-state index is 0.0449. The summed E-state index contributed by atoms with van der Waals surface area (Å²) in [6, 6.07) is 2.21. The smallest absolute Gasteiger partial charge is 0.310 e. The van der Waals surface area contributed by atoms with Crippen molar-refractivity contribution in [2.24, 2.45) is 0 Å². The Morgan fingerprint density at radius 1 is 1.06 bits per heavy atom. The van der Waals surface area contributed by atoms with E-state index in [2.05, 4.69) is 16.0 Å². The molecule has 1 aromatic carbocycles.